The number of carbonyl (C=O) groups excluding carboxylic acids is 2. The molecule has 5 heteroatoms. The van der Waals surface area contributed by atoms with Crippen LogP contribution in [0.4, 0.5) is 10.5 Å². The van der Waals surface area contributed by atoms with Crippen LogP contribution in [0.25, 0.3) is 0 Å². The lowest BCUT2D eigenvalue weighted by Crippen LogP contribution is -2.33. The molecule has 0 aliphatic rings. The number of amides is 2. The molecule has 0 unspecified atom stereocenters. The van der Waals surface area contributed by atoms with Gasteiger partial charge in [0.1, 0.15) is 0 Å². The highest BCUT2D eigenvalue weighted by Crippen LogP contribution is 2.14. The summed E-state index contributed by atoms with van der Waals surface area (Å²) in [5.41, 5.74) is 3.39. The van der Waals surface area contributed by atoms with Crippen molar-refractivity contribution in [2.75, 3.05) is 5.32 Å². The number of aryl methyl sites for hydroxylation is 1. The van der Waals surface area contributed by atoms with E-state index in [-0.39, 0.29) is 11.9 Å². The van der Waals surface area contributed by atoms with Gasteiger partial charge < -0.3 is 10.6 Å². The summed E-state index contributed by atoms with van der Waals surface area (Å²) in [6.45, 7) is 3.80. The molecule has 4 nitrogen and oxygen atoms in total. The summed E-state index contributed by atoms with van der Waals surface area (Å²) >= 11 is 0. The molecule has 116 valence electrons. The van der Waals surface area contributed by atoms with E-state index in [0.29, 0.717) is 12.0 Å². The topological polar surface area (TPSA) is 58.2 Å². The number of rotatable bonds is 5. The Balaban J connectivity index is 1.99. The summed E-state index contributed by atoms with van der Waals surface area (Å²) in [5.74, 6) is -0.653. The van der Waals surface area contributed by atoms with Crippen molar-refractivity contribution in [3.63, 3.8) is 0 Å². The molecule has 0 fully saturated rings. The van der Waals surface area contributed by atoms with E-state index in [9.17, 15) is 9.59 Å². The van der Waals surface area contributed by atoms with E-state index in [1.54, 1.807) is 6.07 Å². The summed E-state index contributed by atoms with van der Waals surface area (Å²) < 4.78 is 0. The fourth-order valence-electron chi connectivity index (χ4n) is 2.40. The fourth-order valence-corrected chi connectivity index (χ4v) is 2.40. The molecule has 0 aliphatic heterocycles. The first kappa shape index (κ1) is 16.8. The van der Waals surface area contributed by atoms with Gasteiger partial charge in [-0.15, -0.1) is 0 Å². The predicted octanol–water partition coefficient (Wildman–Crippen LogP) is 3.06. The fraction of sp³-hybridized carbons (Fsp3) is 0.222. The van der Waals surface area contributed by atoms with Gasteiger partial charge in [-0.2, -0.15) is 0 Å². The van der Waals surface area contributed by atoms with Gasteiger partial charge in [-0.25, -0.2) is 0 Å². The molecule has 0 saturated heterocycles. The molecule has 2 amide bonds. The van der Waals surface area contributed by atoms with Crippen LogP contribution in [0.15, 0.2) is 48.5 Å². The molecule has 23 heavy (non-hydrogen) atoms. The lowest BCUT2D eigenvalue weighted by atomic mass is 10.0. The molecule has 0 heterocycles. The second-order valence-electron chi connectivity index (χ2n) is 5.58. The average molecular weight is 306 g/mol. The molecule has 1 atom stereocenters. The Kier molecular flexibility index (Phi) is 5.58. The summed E-state index contributed by atoms with van der Waals surface area (Å²) in [5, 5.41) is 5.52. The Morgan fingerprint density at radius 1 is 1.09 bits per heavy atom. The average Bonchev–Trinajstić information content (AvgIpc) is 2.48. The third-order valence-electron chi connectivity index (χ3n) is 3.53. The monoisotopic (exact) mass is 306 g/mol. The van der Waals surface area contributed by atoms with Gasteiger partial charge in [0, 0.05) is 17.3 Å². The Morgan fingerprint density at radius 3 is 2.35 bits per heavy atom. The van der Waals surface area contributed by atoms with Crippen LogP contribution < -0.4 is 10.6 Å². The second kappa shape index (κ2) is 7.63. The lowest BCUT2D eigenvalue weighted by molar-refractivity contribution is 0.102. The van der Waals surface area contributed by atoms with Gasteiger partial charge in [-0.05, 0) is 49.6 Å². The minimum atomic E-state index is -0.528. The Labute approximate surface area is 137 Å². The molecular formula is C18H19BN2O2. The second-order valence-corrected chi connectivity index (χ2v) is 5.58. The summed E-state index contributed by atoms with van der Waals surface area (Å²) in [4.78, 5) is 23.0. The highest BCUT2D eigenvalue weighted by Gasteiger charge is 2.09. The quantitative estimate of drug-likeness (QED) is 0.834. The van der Waals surface area contributed by atoms with Gasteiger partial charge in [0.15, 0.2) is 5.81 Å². The standard InChI is InChI=1S/C18H19BN2O2/c1-12-5-3-4-6-16(12)17(22)21-15-9-7-14(8-10-15)11-13(2)20-18(19)23/h3-10,13H,11H2,1-2H3,(H,20,23)(H,21,22)/t13-/m1/s1. The third-order valence-corrected chi connectivity index (χ3v) is 3.53. The summed E-state index contributed by atoms with van der Waals surface area (Å²) in [6.07, 6.45) is 0.676. The van der Waals surface area contributed by atoms with Gasteiger partial charge in [0.25, 0.3) is 5.91 Å². The van der Waals surface area contributed by atoms with E-state index < -0.39 is 5.81 Å². The van der Waals surface area contributed by atoms with Gasteiger partial charge in [-0.3, -0.25) is 9.59 Å². The summed E-state index contributed by atoms with van der Waals surface area (Å²) in [7, 11) is 5.10. The molecule has 0 spiro atoms. The highest BCUT2D eigenvalue weighted by atomic mass is 16.2. The summed E-state index contributed by atoms with van der Waals surface area (Å²) in [6, 6.07) is 15.0. The van der Waals surface area contributed by atoms with E-state index >= 15 is 0 Å². The maximum absolute atomic E-state index is 12.2. The smallest absolute Gasteiger partial charge is 0.255 e. The van der Waals surface area contributed by atoms with Crippen molar-refractivity contribution in [1.29, 1.82) is 0 Å². The van der Waals surface area contributed by atoms with Gasteiger partial charge in [0.05, 0.1) is 0 Å². The van der Waals surface area contributed by atoms with Crippen molar-refractivity contribution in [3.05, 3.63) is 65.2 Å². The van der Waals surface area contributed by atoms with E-state index in [1.165, 1.54) is 0 Å². The first-order valence-corrected chi connectivity index (χ1v) is 7.47. The zero-order valence-electron chi connectivity index (χ0n) is 13.3. The Bertz CT molecular complexity index is 698. The van der Waals surface area contributed by atoms with Crippen molar-refractivity contribution in [2.45, 2.75) is 26.3 Å². The molecule has 0 saturated carbocycles. The maximum Gasteiger partial charge on any atom is 0.255 e. The van der Waals surface area contributed by atoms with Crippen LogP contribution in [0.5, 0.6) is 0 Å². The number of hydrogen-bond donors (Lipinski definition) is 2. The Hall–Kier alpha value is -2.56. The number of anilines is 1. The molecule has 0 bridgehead atoms. The zero-order chi connectivity index (χ0) is 16.8. The van der Waals surface area contributed by atoms with Crippen LogP contribution in [0.3, 0.4) is 0 Å². The van der Waals surface area contributed by atoms with E-state index in [0.717, 1.165) is 16.8 Å². The van der Waals surface area contributed by atoms with Crippen LogP contribution in [-0.2, 0) is 6.42 Å². The van der Waals surface area contributed by atoms with Crippen molar-refractivity contribution >= 4 is 25.2 Å². The minimum absolute atomic E-state index is 0.0418. The van der Waals surface area contributed by atoms with Crippen molar-refractivity contribution in [2.24, 2.45) is 0 Å². The molecule has 2 N–H and O–H groups in total. The minimum Gasteiger partial charge on any atom is -0.363 e. The van der Waals surface area contributed by atoms with E-state index in [2.05, 4.69) is 10.6 Å². The van der Waals surface area contributed by atoms with Crippen molar-refractivity contribution in [3.8, 4) is 0 Å². The van der Waals surface area contributed by atoms with Crippen molar-refractivity contribution in [1.82, 2.24) is 5.32 Å². The molecule has 2 aromatic carbocycles. The van der Waals surface area contributed by atoms with E-state index in [4.69, 9.17) is 7.85 Å². The molecule has 2 rings (SSSR count). The number of benzene rings is 2. The van der Waals surface area contributed by atoms with Crippen LogP contribution in [0, 0.1) is 6.92 Å². The first-order valence-electron chi connectivity index (χ1n) is 7.47. The lowest BCUT2D eigenvalue weighted by Gasteiger charge is -2.13. The third kappa shape index (κ3) is 4.99. The SMILES string of the molecule is [B]C(=O)N[C@H](C)Cc1ccc(NC(=O)c2ccccc2C)cc1. The molecular weight excluding hydrogens is 287 g/mol. The number of nitrogens with one attached hydrogen (secondary N) is 2. The molecule has 0 aliphatic carbocycles. The highest BCUT2D eigenvalue weighted by molar-refractivity contribution is 6.57. The molecule has 2 radical (unpaired) electrons. The van der Waals surface area contributed by atoms with Gasteiger partial charge >= 0.3 is 0 Å². The van der Waals surface area contributed by atoms with E-state index in [1.807, 2.05) is 56.3 Å². The maximum atomic E-state index is 12.2. The normalized spacial score (nSPS) is 11.6. The largest absolute Gasteiger partial charge is 0.363 e. The molecule has 0 aromatic heterocycles. The van der Waals surface area contributed by atoms with Crippen molar-refractivity contribution < 1.29 is 9.59 Å². The molecule has 2 aromatic rings. The van der Waals surface area contributed by atoms with Crippen LogP contribution in [0.1, 0.15) is 28.4 Å². The number of hydrogen-bond acceptors (Lipinski definition) is 2. The first-order chi connectivity index (χ1) is 11.0. The zero-order valence-corrected chi connectivity index (χ0v) is 13.3. The van der Waals surface area contributed by atoms with Crippen LogP contribution in [0.2, 0.25) is 0 Å². The van der Waals surface area contributed by atoms with Crippen LogP contribution in [-0.4, -0.2) is 25.6 Å². The van der Waals surface area contributed by atoms with Crippen LogP contribution >= 0.6 is 0 Å². The Morgan fingerprint density at radius 2 is 1.74 bits per heavy atom. The predicted molar refractivity (Wildman–Crippen MR) is 93.0 cm³/mol. The van der Waals surface area contributed by atoms with Gasteiger partial charge in [-0.1, -0.05) is 30.3 Å². The van der Waals surface area contributed by atoms with Gasteiger partial charge in [0.2, 0.25) is 7.85 Å². The number of carbonyl (C=O) groups is 2.